The Morgan fingerprint density at radius 2 is 1.73 bits per heavy atom. The first-order valence-electron chi connectivity index (χ1n) is 10.1. The number of ether oxygens (including phenoxy) is 3. The van der Waals surface area contributed by atoms with Crippen LogP contribution in [-0.4, -0.2) is 38.4 Å². The summed E-state index contributed by atoms with van der Waals surface area (Å²) in [6.07, 6.45) is 1.64. The molecule has 168 valence electrons. The molecule has 2 aromatic carbocycles. The Kier molecular flexibility index (Phi) is 6.55. The van der Waals surface area contributed by atoms with Crippen molar-refractivity contribution in [2.75, 3.05) is 21.3 Å². The molecule has 0 radical (unpaired) electrons. The number of methoxy groups -OCH3 is 3. The molecule has 0 aliphatic rings. The lowest BCUT2D eigenvalue weighted by molar-refractivity contribution is 0.0956. The van der Waals surface area contributed by atoms with Crippen LogP contribution in [-0.2, 0) is 0 Å². The summed E-state index contributed by atoms with van der Waals surface area (Å²) in [6.45, 7) is 2.02. The van der Waals surface area contributed by atoms with Gasteiger partial charge in [-0.15, -0.1) is 11.3 Å². The number of hydrogen-bond acceptors (Lipinski definition) is 7. The van der Waals surface area contributed by atoms with E-state index < -0.39 is 0 Å². The molecule has 0 aliphatic carbocycles. The molecule has 0 saturated carbocycles. The average molecular weight is 462 g/mol. The number of benzene rings is 2. The molecule has 2 aromatic heterocycles. The normalized spacial score (nSPS) is 11.0. The van der Waals surface area contributed by atoms with Crippen LogP contribution in [0, 0.1) is 6.92 Å². The topological polar surface area (TPSA) is 82.0 Å². The molecule has 0 spiro atoms. The van der Waals surface area contributed by atoms with Gasteiger partial charge >= 0.3 is 0 Å². The molecule has 0 fully saturated rings. The second-order valence-electron chi connectivity index (χ2n) is 7.13. The quantitative estimate of drug-likeness (QED) is 0.307. The summed E-state index contributed by atoms with van der Waals surface area (Å²) in [7, 11) is 4.66. The van der Waals surface area contributed by atoms with Crippen molar-refractivity contribution in [3.63, 3.8) is 0 Å². The predicted molar refractivity (Wildman–Crippen MR) is 131 cm³/mol. The summed E-state index contributed by atoms with van der Waals surface area (Å²) in [5.74, 6) is 1.17. The number of aryl methyl sites for hydroxylation is 1. The second-order valence-corrected chi connectivity index (χ2v) is 8.45. The van der Waals surface area contributed by atoms with Crippen LogP contribution >= 0.6 is 11.3 Å². The monoisotopic (exact) mass is 461 g/mol. The fraction of sp³-hybridized carbons (Fsp3) is 0.160. The number of carbonyl (C=O) groups excluding carboxylic acids is 1. The molecule has 1 N–H and O–H groups in total. The van der Waals surface area contributed by atoms with Crippen molar-refractivity contribution < 1.29 is 19.0 Å². The minimum absolute atomic E-state index is 0.327. The number of nitrogens with one attached hydrogen (secondary N) is 1. The van der Waals surface area contributed by atoms with E-state index in [4.69, 9.17) is 19.2 Å². The number of aromatic nitrogens is 1. The van der Waals surface area contributed by atoms with Crippen molar-refractivity contribution in [3.05, 3.63) is 69.9 Å². The van der Waals surface area contributed by atoms with Crippen LogP contribution in [0.15, 0.2) is 59.7 Å². The van der Waals surface area contributed by atoms with Gasteiger partial charge in [0.2, 0.25) is 5.75 Å². The van der Waals surface area contributed by atoms with Crippen molar-refractivity contribution in [2.24, 2.45) is 5.10 Å². The number of carbonyl (C=O) groups is 1. The van der Waals surface area contributed by atoms with Crippen molar-refractivity contribution in [2.45, 2.75) is 6.92 Å². The Labute approximate surface area is 195 Å². The lowest BCUT2D eigenvalue weighted by Gasteiger charge is -2.15. The third-order valence-corrected chi connectivity index (χ3v) is 5.98. The van der Waals surface area contributed by atoms with E-state index in [1.807, 2.05) is 43.3 Å². The van der Waals surface area contributed by atoms with Crippen molar-refractivity contribution in [1.82, 2.24) is 10.4 Å². The highest BCUT2D eigenvalue weighted by atomic mass is 32.1. The number of nitrogens with zero attached hydrogens (tertiary/aromatic N) is 2. The molecule has 4 aromatic rings. The highest BCUT2D eigenvalue weighted by Crippen LogP contribution is 2.41. The van der Waals surface area contributed by atoms with E-state index in [0.717, 1.165) is 15.8 Å². The molecule has 0 saturated heterocycles. The minimum Gasteiger partial charge on any atom is -0.493 e. The van der Waals surface area contributed by atoms with E-state index in [-0.39, 0.29) is 5.91 Å². The number of para-hydroxylation sites is 1. The summed E-state index contributed by atoms with van der Waals surface area (Å²) in [5, 5.41) is 4.86. The largest absolute Gasteiger partial charge is 0.493 e. The highest BCUT2D eigenvalue weighted by Gasteiger charge is 2.18. The third-order valence-electron chi connectivity index (χ3n) is 5.04. The average Bonchev–Trinajstić information content (AvgIpc) is 3.26. The Morgan fingerprint density at radius 1 is 1.00 bits per heavy atom. The third kappa shape index (κ3) is 4.65. The molecule has 2 heterocycles. The number of pyridine rings is 1. The molecule has 0 bridgehead atoms. The molecular formula is C25H23N3O4S. The van der Waals surface area contributed by atoms with Crippen molar-refractivity contribution >= 4 is 34.4 Å². The fourth-order valence-corrected chi connectivity index (χ4v) is 4.23. The van der Waals surface area contributed by atoms with Crippen LogP contribution in [0.5, 0.6) is 17.2 Å². The van der Waals surface area contributed by atoms with Gasteiger partial charge in [0.05, 0.1) is 44.3 Å². The minimum atomic E-state index is -0.327. The first-order valence-corrected chi connectivity index (χ1v) is 11.0. The zero-order chi connectivity index (χ0) is 23.4. The van der Waals surface area contributed by atoms with Gasteiger partial charge in [0.1, 0.15) is 0 Å². The lowest BCUT2D eigenvalue weighted by atomic mass is 10.0. The zero-order valence-corrected chi connectivity index (χ0v) is 19.5. The summed E-state index contributed by atoms with van der Waals surface area (Å²) in [6, 6.07) is 16.8. The number of hydrogen-bond donors (Lipinski definition) is 1. The lowest BCUT2D eigenvalue weighted by Crippen LogP contribution is -2.18. The second kappa shape index (κ2) is 9.70. The van der Waals surface area contributed by atoms with E-state index in [0.29, 0.717) is 34.0 Å². The molecule has 8 heteroatoms. The van der Waals surface area contributed by atoms with E-state index in [1.54, 1.807) is 57.1 Å². The summed E-state index contributed by atoms with van der Waals surface area (Å²) in [5.41, 5.74) is 5.10. The van der Waals surface area contributed by atoms with E-state index in [2.05, 4.69) is 10.5 Å². The number of fused-ring (bicyclic) bond motifs is 1. The first kappa shape index (κ1) is 22.3. The zero-order valence-electron chi connectivity index (χ0n) is 18.7. The molecular weight excluding hydrogens is 438 g/mol. The molecule has 33 heavy (non-hydrogen) atoms. The molecule has 0 atom stereocenters. The van der Waals surface area contributed by atoms with Crippen LogP contribution in [0.1, 0.15) is 20.1 Å². The molecule has 0 aliphatic heterocycles. The summed E-state index contributed by atoms with van der Waals surface area (Å²) in [4.78, 5) is 20.0. The molecule has 7 nitrogen and oxygen atoms in total. The first-order chi connectivity index (χ1) is 16.0. The van der Waals surface area contributed by atoms with Crippen LogP contribution in [0.3, 0.4) is 0 Å². The maximum atomic E-state index is 13.1. The van der Waals surface area contributed by atoms with E-state index in [9.17, 15) is 4.79 Å². The Morgan fingerprint density at radius 3 is 2.36 bits per heavy atom. The standard InChI is InChI=1S/C25H23N3O4S/c1-15-9-10-17(33-15)14-26-28-25(29)19-13-21(27-20-8-6-5-7-18(19)20)16-11-22(30-2)24(32-4)23(12-16)31-3/h5-14H,1-4H3,(H,28,29). The number of thiophene rings is 1. The SMILES string of the molecule is COc1cc(-c2cc(C(=O)NN=Cc3ccc(C)s3)c3ccccc3n2)cc(OC)c1OC. The van der Waals surface area contributed by atoms with Gasteiger partial charge in [0.25, 0.3) is 5.91 Å². The number of rotatable bonds is 7. The number of amides is 1. The maximum absolute atomic E-state index is 13.1. The van der Waals surface area contributed by atoms with Gasteiger partial charge in [-0.3, -0.25) is 4.79 Å². The fourth-order valence-electron chi connectivity index (χ4n) is 3.48. The smallest absolute Gasteiger partial charge is 0.272 e. The van der Waals surface area contributed by atoms with E-state index >= 15 is 0 Å². The van der Waals surface area contributed by atoms with E-state index in [1.165, 1.54) is 4.88 Å². The van der Waals surface area contributed by atoms with Crippen molar-refractivity contribution in [1.29, 1.82) is 0 Å². The van der Waals surface area contributed by atoms with Gasteiger partial charge in [0, 0.05) is 20.7 Å². The number of hydrazone groups is 1. The van der Waals surface area contributed by atoms with Gasteiger partial charge in [-0.2, -0.15) is 5.10 Å². The molecule has 4 rings (SSSR count). The highest BCUT2D eigenvalue weighted by molar-refractivity contribution is 7.13. The predicted octanol–water partition coefficient (Wildman–Crippen LogP) is 5.06. The Hall–Kier alpha value is -3.91. The van der Waals surface area contributed by atoms with Gasteiger partial charge in [0.15, 0.2) is 11.5 Å². The Balaban J connectivity index is 1.76. The van der Waals surface area contributed by atoms with Crippen LogP contribution in [0.4, 0.5) is 0 Å². The maximum Gasteiger partial charge on any atom is 0.272 e. The van der Waals surface area contributed by atoms with Crippen LogP contribution in [0.2, 0.25) is 0 Å². The summed E-state index contributed by atoms with van der Waals surface area (Å²) >= 11 is 1.60. The summed E-state index contributed by atoms with van der Waals surface area (Å²) < 4.78 is 16.4. The van der Waals surface area contributed by atoms with Gasteiger partial charge < -0.3 is 14.2 Å². The van der Waals surface area contributed by atoms with Gasteiger partial charge in [-0.25, -0.2) is 10.4 Å². The van der Waals surface area contributed by atoms with Crippen LogP contribution in [0.25, 0.3) is 22.2 Å². The van der Waals surface area contributed by atoms with Crippen LogP contribution < -0.4 is 19.6 Å². The van der Waals surface area contributed by atoms with Gasteiger partial charge in [-0.1, -0.05) is 18.2 Å². The Bertz CT molecular complexity index is 1320. The molecule has 0 unspecified atom stereocenters. The molecule has 1 amide bonds. The van der Waals surface area contributed by atoms with Gasteiger partial charge in [-0.05, 0) is 43.3 Å². The van der Waals surface area contributed by atoms with Crippen molar-refractivity contribution in [3.8, 4) is 28.5 Å².